The van der Waals surface area contributed by atoms with Gasteiger partial charge in [-0.25, -0.2) is 0 Å². The van der Waals surface area contributed by atoms with E-state index in [1.165, 1.54) is 16.8 Å². The van der Waals surface area contributed by atoms with E-state index in [1.807, 2.05) is 6.20 Å². The molecule has 1 unspecified atom stereocenters. The third kappa shape index (κ3) is 2.68. The number of methoxy groups -OCH3 is 1. The lowest BCUT2D eigenvalue weighted by Gasteiger charge is -2.27. The minimum absolute atomic E-state index is 0.343. The molecular weight excluding hydrogens is 262 g/mol. The predicted octanol–water partition coefficient (Wildman–Crippen LogP) is 2.90. The van der Waals surface area contributed by atoms with Gasteiger partial charge in [0.2, 0.25) is 0 Å². The molecule has 4 nitrogen and oxygen atoms in total. The van der Waals surface area contributed by atoms with Crippen molar-refractivity contribution in [3.63, 3.8) is 0 Å². The first-order chi connectivity index (χ1) is 10.2. The maximum Gasteiger partial charge on any atom is 0.159 e. The van der Waals surface area contributed by atoms with Gasteiger partial charge >= 0.3 is 0 Å². The Kier molecular flexibility index (Phi) is 3.97. The van der Waals surface area contributed by atoms with Gasteiger partial charge in [0.05, 0.1) is 19.0 Å². The standard InChI is InChI=1S/C17H23N3O/c1-12(2)20-16(17(21-3)11-19-20)8-14-10-18-9-13-6-4-5-7-15(13)14/h4-7,11-12,14,18H,8-10H2,1-3H3. The Hall–Kier alpha value is -1.81. The summed E-state index contributed by atoms with van der Waals surface area (Å²) in [5.74, 6) is 1.37. The fraction of sp³-hybridized carbons (Fsp3) is 0.471. The summed E-state index contributed by atoms with van der Waals surface area (Å²) in [5.41, 5.74) is 4.05. The Balaban J connectivity index is 1.93. The summed E-state index contributed by atoms with van der Waals surface area (Å²) in [4.78, 5) is 0. The maximum absolute atomic E-state index is 5.50. The van der Waals surface area contributed by atoms with Crippen LogP contribution in [0.2, 0.25) is 0 Å². The molecule has 112 valence electrons. The van der Waals surface area contributed by atoms with Crippen molar-refractivity contribution >= 4 is 0 Å². The van der Waals surface area contributed by atoms with Crippen molar-refractivity contribution in [1.82, 2.24) is 15.1 Å². The van der Waals surface area contributed by atoms with Crippen LogP contribution in [-0.4, -0.2) is 23.4 Å². The summed E-state index contributed by atoms with van der Waals surface area (Å²) >= 11 is 0. The topological polar surface area (TPSA) is 39.1 Å². The number of benzene rings is 1. The molecule has 4 heteroatoms. The third-order valence-electron chi connectivity index (χ3n) is 4.21. The zero-order valence-electron chi connectivity index (χ0n) is 13.0. The Labute approximate surface area is 126 Å². The Bertz CT molecular complexity index is 618. The normalized spacial score (nSPS) is 17.8. The van der Waals surface area contributed by atoms with Crippen molar-refractivity contribution in [1.29, 1.82) is 0 Å². The van der Waals surface area contributed by atoms with Gasteiger partial charge < -0.3 is 10.1 Å². The molecule has 2 aromatic rings. The molecule has 2 heterocycles. The van der Waals surface area contributed by atoms with E-state index in [2.05, 4.69) is 53.2 Å². The van der Waals surface area contributed by atoms with Gasteiger partial charge in [0, 0.05) is 31.5 Å². The molecule has 0 spiro atoms. The van der Waals surface area contributed by atoms with Crippen molar-refractivity contribution in [3.05, 3.63) is 47.3 Å². The molecule has 0 radical (unpaired) electrons. The van der Waals surface area contributed by atoms with E-state index in [0.29, 0.717) is 12.0 Å². The summed E-state index contributed by atoms with van der Waals surface area (Å²) in [7, 11) is 1.72. The zero-order valence-corrected chi connectivity index (χ0v) is 13.0. The molecule has 0 saturated carbocycles. The molecule has 1 aromatic carbocycles. The van der Waals surface area contributed by atoms with Gasteiger partial charge in [0.1, 0.15) is 0 Å². The number of hydrogen-bond acceptors (Lipinski definition) is 3. The molecule has 0 fully saturated rings. The number of nitrogens with one attached hydrogen (secondary N) is 1. The number of rotatable bonds is 4. The smallest absolute Gasteiger partial charge is 0.159 e. The monoisotopic (exact) mass is 285 g/mol. The number of hydrogen-bond donors (Lipinski definition) is 1. The summed E-state index contributed by atoms with van der Waals surface area (Å²) < 4.78 is 7.58. The molecule has 1 atom stereocenters. The number of ether oxygens (including phenoxy) is 1. The van der Waals surface area contributed by atoms with Gasteiger partial charge in [0.15, 0.2) is 5.75 Å². The summed E-state index contributed by atoms with van der Waals surface area (Å²) in [6, 6.07) is 9.06. The second-order valence-electron chi connectivity index (χ2n) is 5.93. The second-order valence-corrected chi connectivity index (χ2v) is 5.93. The highest BCUT2D eigenvalue weighted by atomic mass is 16.5. The van der Waals surface area contributed by atoms with E-state index in [1.54, 1.807) is 7.11 Å². The van der Waals surface area contributed by atoms with Crippen LogP contribution < -0.4 is 10.1 Å². The first-order valence-corrected chi connectivity index (χ1v) is 7.59. The van der Waals surface area contributed by atoms with E-state index in [9.17, 15) is 0 Å². The van der Waals surface area contributed by atoms with Crippen LogP contribution >= 0.6 is 0 Å². The summed E-state index contributed by atoms with van der Waals surface area (Å²) in [5, 5.41) is 8.00. The van der Waals surface area contributed by atoms with E-state index in [0.717, 1.165) is 25.3 Å². The highest BCUT2D eigenvalue weighted by Gasteiger charge is 2.24. The fourth-order valence-electron chi connectivity index (χ4n) is 3.18. The van der Waals surface area contributed by atoms with Crippen LogP contribution in [0.3, 0.4) is 0 Å². The first-order valence-electron chi connectivity index (χ1n) is 7.59. The Morgan fingerprint density at radius 1 is 1.38 bits per heavy atom. The zero-order chi connectivity index (χ0) is 14.8. The van der Waals surface area contributed by atoms with Crippen LogP contribution in [0.15, 0.2) is 30.5 Å². The van der Waals surface area contributed by atoms with Crippen molar-refractivity contribution in [3.8, 4) is 5.75 Å². The SMILES string of the molecule is COc1cnn(C(C)C)c1CC1CNCc2ccccc21. The van der Waals surface area contributed by atoms with Crippen LogP contribution in [-0.2, 0) is 13.0 Å². The lowest BCUT2D eigenvalue weighted by atomic mass is 9.87. The van der Waals surface area contributed by atoms with E-state index in [4.69, 9.17) is 4.74 Å². The third-order valence-corrected chi connectivity index (χ3v) is 4.21. The van der Waals surface area contributed by atoms with Crippen LogP contribution in [0.4, 0.5) is 0 Å². The molecule has 0 saturated heterocycles. The van der Waals surface area contributed by atoms with Crippen molar-refractivity contribution in [2.24, 2.45) is 0 Å². The van der Waals surface area contributed by atoms with Crippen molar-refractivity contribution in [2.75, 3.05) is 13.7 Å². The van der Waals surface area contributed by atoms with Gasteiger partial charge in [-0.05, 0) is 25.0 Å². The summed E-state index contributed by atoms with van der Waals surface area (Å²) in [6.45, 7) is 6.28. The average molecular weight is 285 g/mol. The highest BCUT2D eigenvalue weighted by Crippen LogP contribution is 2.31. The van der Waals surface area contributed by atoms with Gasteiger partial charge in [-0.3, -0.25) is 4.68 Å². The van der Waals surface area contributed by atoms with Gasteiger partial charge in [-0.2, -0.15) is 5.10 Å². The molecule has 0 amide bonds. The number of aromatic nitrogens is 2. The molecule has 0 aliphatic carbocycles. The molecule has 1 aromatic heterocycles. The largest absolute Gasteiger partial charge is 0.493 e. The second kappa shape index (κ2) is 5.90. The molecule has 1 aliphatic heterocycles. The van der Waals surface area contributed by atoms with Crippen molar-refractivity contribution in [2.45, 2.75) is 38.8 Å². The molecule has 21 heavy (non-hydrogen) atoms. The van der Waals surface area contributed by atoms with E-state index >= 15 is 0 Å². The Morgan fingerprint density at radius 2 is 2.19 bits per heavy atom. The maximum atomic E-state index is 5.50. The van der Waals surface area contributed by atoms with Crippen LogP contribution in [0.25, 0.3) is 0 Å². The summed E-state index contributed by atoms with van der Waals surface area (Å²) in [6.07, 6.45) is 2.78. The molecular formula is C17H23N3O. The highest BCUT2D eigenvalue weighted by molar-refractivity contribution is 5.35. The van der Waals surface area contributed by atoms with Gasteiger partial charge in [0.25, 0.3) is 0 Å². The number of nitrogens with zero attached hydrogens (tertiary/aromatic N) is 2. The average Bonchev–Trinajstić information content (AvgIpc) is 2.90. The van der Waals surface area contributed by atoms with Crippen LogP contribution in [0.5, 0.6) is 5.75 Å². The van der Waals surface area contributed by atoms with E-state index in [-0.39, 0.29) is 0 Å². The lowest BCUT2D eigenvalue weighted by Crippen LogP contribution is -2.30. The van der Waals surface area contributed by atoms with Gasteiger partial charge in [-0.1, -0.05) is 24.3 Å². The Morgan fingerprint density at radius 3 is 2.95 bits per heavy atom. The number of fused-ring (bicyclic) bond motifs is 1. The van der Waals surface area contributed by atoms with Crippen LogP contribution in [0, 0.1) is 0 Å². The molecule has 3 rings (SSSR count). The first kappa shape index (κ1) is 14.1. The minimum Gasteiger partial charge on any atom is -0.493 e. The minimum atomic E-state index is 0.343. The molecule has 1 N–H and O–H groups in total. The quantitative estimate of drug-likeness (QED) is 0.939. The van der Waals surface area contributed by atoms with Gasteiger partial charge in [-0.15, -0.1) is 0 Å². The lowest BCUT2D eigenvalue weighted by molar-refractivity contribution is 0.398. The molecule has 0 bridgehead atoms. The predicted molar refractivity (Wildman–Crippen MR) is 83.8 cm³/mol. The van der Waals surface area contributed by atoms with E-state index < -0.39 is 0 Å². The van der Waals surface area contributed by atoms with Crippen LogP contribution in [0.1, 0.15) is 42.6 Å². The molecule has 1 aliphatic rings. The van der Waals surface area contributed by atoms with Crippen molar-refractivity contribution < 1.29 is 4.74 Å². The fourth-order valence-corrected chi connectivity index (χ4v) is 3.18.